The van der Waals surface area contributed by atoms with E-state index in [4.69, 9.17) is 21.5 Å². The van der Waals surface area contributed by atoms with Gasteiger partial charge in [0.15, 0.2) is 0 Å². The number of rotatable bonds is 6. The lowest BCUT2D eigenvalue weighted by Gasteiger charge is -2.09. The number of aryl methyl sites for hydroxylation is 1. The maximum Gasteiger partial charge on any atom is 0.238 e. The number of nitrogens with two attached hydrogens (primary N) is 1. The summed E-state index contributed by atoms with van der Waals surface area (Å²) in [5.41, 5.74) is 2.30. The highest BCUT2D eigenvalue weighted by atomic mass is 35.5. The Balaban J connectivity index is 1.61. The monoisotopic (exact) mass is 365 g/mol. The summed E-state index contributed by atoms with van der Waals surface area (Å²) in [6.45, 7) is 0. The zero-order valence-corrected chi connectivity index (χ0v) is 15.0. The van der Waals surface area contributed by atoms with Gasteiger partial charge in [0.25, 0.3) is 0 Å². The van der Waals surface area contributed by atoms with Crippen LogP contribution in [0.1, 0.15) is 29.9 Å². The molecule has 24 heavy (non-hydrogen) atoms. The highest BCUT2D eigenvalue weighted by Gasteiger charge is 2.37. The largest absolute Gasteiger partial charge is 0.496 e. The Morgan fingerprint density at radius 1 is 1.21 bits per heavy atom. The second kappa shape index (κ2) is 6.75. The molecule has 128 valence electrons. The SMILES string of the molecule is COc1ccc(Cl)cc1CC[C@@H]1C[C@H]1c1ccc(S(N)(=O)=O)cc1. The smallest absolute Gasteiger partial charge is 0.238 e. The number of hydrogen-bond donors (Lipinski definition) is 1. The van der Waals surface area contributed by atoms with Crippen LogP contribution < -0.4 is 9.88 Å². The lowest BCUT2D eigenvalue weighted by atomic mass is 10.0. The first kappa shape index (κ1) is 17.3. The van der Waals surface area contributed by atoms with Crippen molar-refractivity contribution in [3.05, 3.63) is 58.6 Å². The third-order valence-corrected chi connectivity index (χ3v) is 5.75. The maximum absolute atomic E-state index is 11.3. The molecule has 1 fully saturated rings. The number of benzene rings is 2. The normalized spacial score (nSPS) is 20.0. The molecule has 0 saturated heterocycles. The molecule has 3 rings (SSSR count). The minimum Gasteiger partial charge on any atom is -0.496 e. The Morgan fingerprint density at radius 2 is 1.92 bits per heavy atom. The molecule has 2 aromatic rings. The van der Waals surface area contributed by atoms with Crippen LogP contribution in [0, 0.1) is 5.92 Å². The first-order chi connectivity index (χ1) is 11.4. The standard InChI is InChI=1S/C18H20ClNO3S/c1-23-18-9-6-15(19)10-14(18)3-2-13-11-17(13)12-4-7-16(8-5-12)24(20,21)22/h4-10,13,17H,2-3,11H2,1H3,(H2,20,21,22)/t13-,17+/m1/s1. The predicted octanol–water partition coefficient (Wildman–Crippen LogP) is 3.73. The lowest BCUT2D eigenvalue weighted by Crippen LogP contribution is -2.11. The summed E-state index contributed by atoms with van der Waals surface area (Å²) in [7, 11) is -1.96. The Bertz CT molecular complexity index is 834. The molecule has 2 aromatic carbocycles. The van der Waals surface area contributed by atoms with Crippen LogP contribution in [-0.4, -0.2) is 15.5 Å². The van der Waals surface area contributed by atoms with E-state index in [0.717, 1.165) is 35.6 Å². The molecule has 0 aliphatic heterocycles. The van der Waals surface area contributed by atoms with Gasteiger partial charge in [-0.25, -0.2) is 13.6 Å². The zero-order valence-electron chi connectivity index (χ0n) is 13.4. The summed E-state index contributed by atoms with van der Waals surface area (Å²) in [4.78, 5) is 0.159. The van der Waals surface area contributed by atoms with Gasteiger partial charge in [-0.05, 0) is 72.6 Å². The second-order valence-electron chi connectivity index (χ2n) is 6.21. The maximum atomic E-state index is 11.3. The molecular weight excluding hydrogens is 346 g/mol. The van der Waals surface area contributed by atoms with Gasteiger partial charge in [0, 0.05) is 5.02 Å². The number of methoxy groups -OCH3 is 1. The molecule has 0 heterocycles. The predicted molar refractivity (Wildman–Crippen MR) is 95.0 cm³/mol. The van der Waals surface area contributed by atoms with Crippen molar-refractivity contribution in [3.63, 3.8) is 0 Å². The molecule has 0 spiro atoms. The number of halogens is 1. The van der Waals surface area contributed by atoms with Crippen molar-refractivity contribution in [1.82, 2.24) is 0 Å². The average molecular weight is 366 g/mol. The summed E-state index contributed by atoms with van der Waals surface area (Å²) in [6.07, 6.45) is 3.09. The van der Waals surface area contributed by atoms with E-state index in [2.05, 4.69) is 0 Å². The summed E-state index contributed by atoms with van der Waals surface area (Å²) in [5.74, 6) is 1.97. The van der Waals surface area contributed by atoms with Gasteiger partial charge in [0.2, 0.25) is 10.0 Å². The summed E-state index contributed by atoms with van der Waals surface area (Å²) >= 11 is 6.07. The van der Waals surface area contributed by atoms with Crippen LogP contribution in [0.2, 0.25) is 5.02 Å². The van der Waals surface area contributed by atoms with Crippen molar-refractivity contribution in [2.45, 2.75) is 30.1 Å². The van der Waals surface area contributed by atoms with Crippen molar-refractivity contribution in [2.24, 2.45) is 11.1 Å². The van der Waals surface area contributed by atoms with Crippen LogP contribution >= 0.6 is 11.6 Å². The molecule has 4 nitrogen and oxygen atoms in total. The van der Waals surface area contributed by atoms with Crippen LogP contribution in [0.3, 0.4) is 0 Å². The highest BCUT2D eigenvalue weighted by Crippen LogP contribution is 2.50. The van der Waals surface area contributed by atoms with E-state index in [-0.39, 0.29) is 4.90 Å². The topological polar surface area (TPSA) is 69.4 Å². The molecule has 1 aliphatic rings. The van der Waals surface area contributed by atoms with E-state index in [1.165, 1.54) is 5.56 Å². The lowest BCUT2D eigenvalue weighted by molar-refractivity contribution is 0.408. The minimum atomic E-state index is -3.62. The summed E-state index contributed by atoms with van der Waals surface area (Å²) in [6, 6.07) is 12.6. The quantitative estimate of drug-likeness (QED) is 0.847. The minimum absolute atomic E-state index is 0.159. The summed E-state index contributed by atoms with van der Waals surface area (Å²) < 4.78 is 28.0. The molecule has 2 atom stereocenters. The third kappa shape index (κ3) is 3.91. The fourth-order valence-electron chi connectivity index (χ4n) is 3.16. The Morgan fingerprint density at radius 3 is 2.54 bits per heavy atom. The van der Waals surface area contributed by atoms with Gasteiger partial charge in [0.1, 0.15) is 5.75 Å². The summed E-state index contributed by atoms with van der Waals surface area (Å²) in [5, 5.41) is 5.85. The molecule has 0 aromatic heterocycles. The van der Waals surface area contributed by atoms with Crippen molar-refractivity contribution in [3.8, 4) is 5.75 Å². The van der Waals surface area contributed by atoms with Crippen LogP contribution in [0.4, 0.5) is 0 Å². The van der Waals surface area contributed by atoms with Gasteiger partial charge in [-0.15, -0.1) is 0 Å². The first-order valence-corrected chi connectivity index (χ1v) is 9.76. The van der Waals surface area contributed by atoms with Crippen LogP contribution in [-0.2, 0) is 16.4 Å². The zero-order chi connectivity index (χ0) is 17.3. The Kier molecular flexibility index (Phi) is 4.85. The average Bonchev–Trinajstić information content (AvgIpc) is 3.32. The number of hydrogen-bond acceptors (Lipinski definition) is 3. The molecule has 0 bridgehead atoms. The van der Waals surface area contributed by atoms with E-state index < -0.39 is 10.0 Å². The Hall–Kier alpha value is -1.56. The number of sulfonamides is 1. The molecule has 0 radical (unpaired) electrons. The van der Waals surface area contributed by atoms with E-state index >= 15 is 0 Å². The molecule has 1 aliphatic carbocycles. The fraction of sp³-hybridized carbons (Fsp3) is 0.333. The van der Waals surface area contributed by atoms with Gasteiger partial charge in [-0.1, -0.05) is 23.7 Å². The van der Waals surface area contributed by atoms with Gasteiger partial charge >= 0.3 is 0 Å². The Labute approximate surface area is 147 Å². The van der Waals surface area contributed by atoms with Crippen LogP contribution in [0.15, 0.2) is 47.4 Å². The van der Waals surface area contributed by atoms with Crippen molar-refractivity contribution in [2.75, 3.05) is 7.11 Å². The van der Waals surface area contributed by atoms with Crippen molar-refractivity contribution < 1.29 is 13.2 Å². The highest BCUT2D eigenvalue weighted by molar-refractivity contribution is 7.89. The van der Waals surface area contributed by atoms with E-state index in [9.17, 15) is 8.42 Å². The molecular formula is C18H20ClNO3S. The first-order valence-electron chi connectivity index (χ1n) is 7.83. The van der Waals surface area contributed by atoms with Gasteiger partial charge in [-0.3, -0.25) is 0 Å². The van der Waals surface area contributed by atoms with E-state index in [1.54, 1.807) is 19.2 Å². The number of ether oxygens (including phenoxy) is 1. The molecule has 0 amide bonds. The number of primary sulfonamides is 1. The van der Waals surface area contributed by atoms with Crippen molar-refractivity contribution >= 4 is 21.6 Å². The molecule has 2 N–H and O–H groups in total. The molecule has 6 heteroatoms. The van der Waals surface area contributed by atoms with Gasteiger partial charge in [0.05, 0.1) is 12.0 Å². The second-order valence-corrected chi connectivity index (χ2v) is 8.21. The van der Waals surface area contributed by atoms with Crippen LogP contribution in [0.5, 0.6) is 5.75 Å². The van der Waals surface area contributed by atoms with Crippen molar-refractivity contribution in [1.29, 1.82) is 0 Å². The van der Waals surface area contributed by atoms with Gasteiger partial charge < -0.3 is 4.74 Å². The fourth-order valence-corrected chi connectivity index (χ4v) is 3.87. The van der Waals surface area contributed by atoms with Crippen LogP contribution in [0.25, 0.3) is 0 Å². The third-order valence-electron chi connectivity index (χ3n) is 4.59. The molecule has 0 unspecified atom stereocenters. The molecule has 1 saturated carbocycles. The van der Waals surface area contributed by atoms with E-state index in [0.29, 0.717) is 11.8 Å². The van der Waals surface area contributed by atoms with Gasteiger partial charge in [-0.2, -0.15) is 0 Å². The van der Waals surface area contributed by atoms with E-state index in [1.807, 2.05) is 30.3 Å².